The number of amides is 1. The fraction of sp³-hybridized carbons (Fsp3) is 0.120. The summed E-state index contributed by atoms with van der Waals surface area (Å²) in [6.45, 7) is 2.54. The van der Waals surface area contributed by atoms with Gasteiger partial charge in [0.1, 0.15) is 5.69 Å². The van der Waals surface area contributed by atoms with Crippen LogP contribution < -0.4 is 0 Å². The van der Waals surface area contributed by atoms with Gasteiger partial charge in [-0.2, -0.15) is 5.10 Å². The zero-order chi connectivity index (χ0) is 21.5. The van der Waals surface area contributed by atoms with Crippen LogP contribution in [0.3, 0.4) is 0 Å². The van der Waals surface area contributed by atoms with Crippen LogP contribution in [0.25, 0.3) is 11.3 Å². The summed E-state index contributed by atoms with van der Waals surface area (Å²) in [5, 5.41) is 8.75. The van der Waals surface area contributed by atoms with E-state index in [1.165, 1.54) is 5.56 Å². The average molecular weight is 448 g/mol. The van der Waals surface area contributed by atoms with Crippen LogP contribution in [-0.2, 0) is 6.54 Å². The van der Waals surface area contributed by atoms with E-state index in [1.807, 2.05) is 53.4 Å². The van der Waals surface area contributed by atoms with Gasteiger partial charge in [0.25, 0.3) is 5.91 Å². The SMILES string of the molecule is Cc1ccc(CN2C(=O)c3[nH]nc(-c4ccc(Cl)cc4)c3C2c2cccc(Cl)c2)cc1. The number of H-pyrrole nitrogens is 1. The molecule has 0 saturated carbocycles. The Bertz CT molecular complexity index is 1260. The number of nitrogens with one attached hydrogen (secondary N) is 1. The van der Waals surface area contributed by atoms with Gasteiger partial charge in [-0.25, -0.2) is 0 Å². The lowest BCUT2D eigenvalue weighted by Gasteiger charge is -2.26. The van der Waals surface area contributed by atoms with Gasteiger partial charge in [-0.3, -0.25) is 9.89 Å². The van der Waals surface area contributed by atoms with Crippen molar-refractivity contribution in [2.45, 2.75) is 19.5 Å². The van der Waals surface area contributed by atoms with E-state index in [9.17, 15) is 4.79 Å². The van der Waals surface area contributed by atoms with E-state index >= 15 is 0 Å². The van der Waals surface area contributed by atoms with Crippen molar-refractivity contribution in [3.8, 4) is 11.3 Å². The molecule has 5 rings (SSSR count). The van der Waals surface area contributed by atoms with Crippen molar-refractivity contribution < 1.29 is 4.79 Å². The second-order valence-corrected chi connectivity index (χ2v) is 8.62. The lowest BCUT2D eigenvalue weighted by molar-refractivity contribution is 0.0730. The Balaban J connectivity index is 1.64. The van der Waals surface area contributed by atoms with Gasteiger partial charge in [0.2, 0.25) is 0 Å². The van der Waals surface area contributed by atoms with Gasteiger partial charge >= 0.3 is 0 Å². The standard InChI is InChI=1S/C25H19Cl2N3O/c1-15-5-7-16(8-6-15)14-30-24(18-3-2-4-20(27)13-18)21-22(28-29-23(21)25(30)31)17-9-11-19(26)12-10-17/h2-13,24H,14H2,1H3,(H,28,29). The van der Waals surface area contributed by atoms with E-state index in [0.717, 1.165) is 27.9 Å². The van der Waals surface area contributed by atoms with E-state index in [1.54, 1.807) is 0 Å². The summed E-state index contributed by atoms with van der Waals surface area (Å²) in [5.41, 5.74) is 6.22. The molecule has 6 heteroatoms. The molecule has 0 fully saturated rings. The molecule has 0 radical (unpaired) electrons. The summed E-state index contributed by atoms with van der Waals surface area (Å²) in [6.07, 6.45) is 0. The van der Waals surface area contributed by atoms with Crippen LogP contribution in [-0.4, -0.2) is 21.0 Å². The van der Waals surface area contributed by atoms with Crippen molar-refractivity contribution in [3.05, 3.63) is 111 Å². The first kappa shape index (κ1) is 19.9. The molecule has 4 aromatic rings. The van der Waals surface area contributed by atoms with Gasteiger partial charge in [-0.1, -0.05) is 77.3 Å². The second-order valence-electron chi connectivity index (χ2n) is 7.74. The third-order valence-electron chi connectivity index (χ3n) is 5.62. The molecule has 2 heterocycles. The summed E-state index contributed by atoms with van der Waals surface area (Å²) in [7, 11) is 0. The summed E-state index contributed by atoms with van der Waals surface area (Å²) in [5.74, 6) is -0.0757. The molecule has 1 amide bonds. The van der Waals surface area contributed by atoms with Gasteiger partial charge < -0.3 is 4.90 Å². The maximum atomic E-state index is 13.4. The fourth-order valence-corrected chi connectivity index (χ4v) is 4.43. The van der Waals surface area contributed by atoms with Crippen LogP contribution in [0.15, 0.2) is 72.8 Å². The molecule has 1 atom stereocenters. The molecule has 1 aromatic heterocycles. The van der Waals surface area contributed by atoms with Crippen LogP contribution in [0.5, 0.6) is 0 Å². The molecule has 31 heavy (non-hydrogen) atoms. The van der Waals surface area contributed by atoms with Gasteiger partial charge in [-0.05, 0) is 42.3 Å². The van der Waals surface area contributed by atoms with Crippen LogP contribution in [0, 0.1) is 6.92 Å². The maximum Gasteiger partial charge on any atom is 0.273 e. The molecular formula is C25H19Cl2N3O. The number of aromatic nitrogens is 2. The van der Waals surface area contributed by atoms with Crippen molar-refractivity contribution in [1.82, 2.24) is 15.1 Å². The number of fused-ring (bicyclic) bond motifs is 1. The van der Waals surface area contributed by atoms with E-state index in [0.29, 0.717) is 22.3 Å². The lowest BCUT2D eigenvalue weighted by atomic mass is 9.96. The van der Waals surface area contributed by atoms with E-state index < -0.39 is 0 Å². The molecule has 1 N–H and O–H groups in total. The Kier molecular flexibility index (Phi) is 5.05. The van der Waals surface area contributed by atoms with E-state index in [4.69, 9.17) is 23.2 Å². The first-order valence-corrected chi connectivity index (χ1v) is 10.7. The summed E-state index contributed by atoms with van der Waals surface area (Å²) < 4.78 is 0. The molecule has 1 unspecified atom stereocenters. The van der Waals surface area contributed by atoms with Crippen LogP contribution in [0.4, 0.5) is 0 Å². The van der Waals surface area contributed by atoms with Gasteiger partial charge in [-0.15, -0.1) is 0 Å². The molecule has 3 aromatic carbocycles. The Labute approximate surface area is 190 Å². The van der Waals surface area contributed by atoms with Crippen molar-refractivity contribution >= 4 is 29.1 Å². The van der Waals surface area contributed by atoms with Crippen molar-refractivity contribution in [3.63, 3.8) is 0 Å². The Hall–Kier alpha value is -3.08. The number of aryl methyl sites for hydroxylation is 1. The fourth-order valence-electron chi connectivity index (χ4n) is 4.10. The monoisotopic (exact) mass is 447 g/mol. The molecule has 154 valence electrons. The number of hydrogen-bond acceptors (Lipinski definition) is 2. The van der Waals surface area contributed by atoms with Crippen LogP contribution >= 0.6 is 23.2 Å². The van der Waals surface area contributed by atoms with Crippen molar-refractivity contribution in [1.29, 1.82) is 0 Å². The van der Waals surface area contributed by atoms with Crippen molar-refractivity contribution in [2.24, 2.45) is 0 Å². The normalized spacial score (nSPS) is 15.4. The Morgan fingerprint density at radius 3 is 2.42 bits per heavy atom. The summed E-state index contributed by atoms with van der Waals surface area (Å²) in [6, 6.07) is 23.1. The molecule has 1 aliphatic rings. The number of aromatic amines is 1. The predicted molar refractivity (Wildman–Crippen MR) is 123 cm³/mol. The number of benzene rings is 3. The number of hydrogen-bond donors (Lipinski definition) is 1. The second kappa shape index (κ2) is 7.88. The summed E-state index contributed by atoms with van der Waals surface area (Å²) in [4.78, 5) is 15.3. The zero-order valence-electron chi connectivity index (χ0n) is 16.8. The number of rotatable bonds is 4. The lowest BCUT2D eigenvalue weighted by Crippen LogP contribution is -2.29. The van der Waals surface area contributed by atoms with Crippen LogP contribution in [0.2, 0.25) is 10.0 Å². The molecule has 0 spiro atoms. The third-order valence-corrected chi connectivity index (χ3v) is 6.11. The number of carbonyl (C=O) groups is 1. The Morgan fingerprint density at radius 2 is 1.71 bits per heavy atom. The predicted octanol–water partition coefficient (Wildman–Crippen LogP) is 6.44. The highest BCUT2D eigenvalue weighted by atomic mass is 35.5. The highest BCUT2D eigenvalue weighted by Gasteiger charge is 2.42. The molecule has 1 aliphatic heterocycles. The number of halogens is 2. The van der Waals surface area contributed by atoms with Crippen molar-refractivity contribution in [2.75, 3.05) is 0 Å². The molecule has 0 aliphatic carbocycles. The molecule has 0 bridgehead atoms. The molecule has 0 saturated heterocycles. The number of nitrogens with zero attached hydrogens (tertiary/aromatic N) is 2. The highest BCUT2D eigenvalue weighted by molar-refractivity contribution is 6.31. The summed E-state index contributed by atoms with van der Waals surface area (Å²) >= 11 is 12.4. The van der Waals surface area contributed by atoms with Gasteiger partial charge in [0, 0.05) is 27.7 Å². The minimum absolute atomic E-state index is 0.0757. The minimum atomic E-state index is -0.299. The molecular weight excluding hydrogens is 429 g/mol. The minimum Gasteiger partial charge on any atom is -0.322 e. The number of carbonyl (C=O) groups excluding carboxylic acids is 1. The van der Waals surface area contributed by atoms with Gasteiger partial charge in [0.05, 0.1) is 11.7 Å². The maximum absolute atomic E-state index is 13.4. The van der Waals surface area contributed by atoms with Crippen LogP contribution in [0.1, 0.15) is 38.8 Å². The smallest absolute Gasteiger partial charge is 0.273 e. The topological polar surface area (TPSA) is 49.0 Å². The zero-order valence-corrected chi connectivity index (χ0v) is 18.3. The third kappa shape index (κ3) is 3.62. The first-order chi connectivity index (χ1) is 15.0. The highest BCUT2D eigenvalue weighted by Crippen LogP contribution is 2.44. The molecule has 4 nitrogen and oxygen atoms in total. The average Bonchev–Trinajstić information content (AvgIpc) is 3.30. The largest absolute Gasteiger partial charge is 0.322 e. The Morgan fingerprint density at radius 1 is 0.968 bits per heavy atom. The first-order valence-electron chi connectivity index (χ1n) is 9.97. The van der Waals surface area contributed by atoms with E-state index in [2.05, 4.69) is 41.4 Å². The van der Waals surface area contributed by atoms with Gasteiger partial charge in [0.15, 0.2) is 0 Å². The quantitative estimate of drug-likeness (QED) is 0.391. The van der Waals surface area contributed by atoms with E-state index in [-0.39, 0.29) is 11.9 Å².